The summed E-state index contributed by atoms with van der Waals surface area (Å²) in [4.78, 5) is 24.3. The molecule has 0 aromatic rings. The van der Waals surface area contributed by atoms with Gasteiger partial charge >= 0.3 is 0 Å². The van der Waals surface area contributed by atoms with Gasteiger partial charge in [-0.05, 0) is 26.3 Å². The van der Waals surface area contributed by atoms with Crippen molar-refractivity contribution >= 4 is 11.7 Å². The van der Waals surface area contributed by atoms with E-state index in [0.29, 0.717) is 6.54 Å². The van der Waals surface area contributed by atoms with Crippen LogP contribution in [0.2, 0.25) is 0 Å². The minimum Gasteiger partial charge on any atom is -0.358 e. The van der Waals surface area contributed by atoms with Gasteiger partial charge in [0.2, 0.25) is 5.91 Å². The van der Waals surface area contributed by atoms with Crippen molar-refractivity contribution < 1.29 is 9.59 Å². The molecule has 1 aliphatic heterocycles. The minimum absolute atomic E-state index is 0.0224. The van der Waals surface area contributed by atoms with E-state index in [1.165, 1.54) is 0 Å². The summed E-state index contributed by atoms with van der Waals surface area (Å²) in [5.41, 5.74) is 0. The molecule has 0 aliphatic carbocycles. The average molecular weight is 198 g/mol. The van der Waals surface area contributed by atoms with Gasteiger partial charge in [-0.2, -0.15) is 0 Å². The van der Waals surface area contributed by atoms with Crippen LogP contribution >= 0.6 is 0 Å². The standard InChI is InChI=1S/C10H18N2O2/c1-8(13)9-4-3-5-12(6-9)7-10(14)11-2/h9H,3-7H2,1-2H3,(H,11,14). The molecule has 1 heterocycles. The second-order valence-corrected chi connectivity index (χ2v) is 3.86. The summed E-state index contributed by atoms with van der Waals surface area (Å²) in [6, 6.07) is 0. The molecule has 14 heavy (non-hydrogen) atoms. The third-order valence-corrected chi connectivity index (χ3v) is 2.73. The second kappa shape index (κ2) is 5.10. The molecule has 0 radical (unpaired) electrons. The lowest BCUT2D eigenvalue weighted by Crippen LogP contribution is -2.43. The highest BCUT2D eigenvalue weighted by molar-refractivity contribution is 5.79. The molecule has 1 aliphatic rings. The molecule has 1 rings (SSSR count). The van der Waals surface area contributed by atoms with Crippen molar-refractivity contribution in [3.05, 3.63) is 0 Å². The third kappa shape index (κ3) is 3.10. The van der Waals surface area contributed by atoms with E-state index in [9.17, 15) is 9.59 Å². The lowest BCUT2D eigenvalue weighted by Gasteiger charge is -2.30. The Kier molecular flexibility index (Phi) is 4.07. The van der Waals surface area contributed by atoms with Gasteiger partial charge in [-0.25, -0.2) is 0 Å². The minimum atomic E-state index is 0.0224. The van der Waals surface area contributed by atoms with Gasteiger partial charge in [0.05, 0.1) is 6.54 Å². The Labute approximate surface area is 84.7 Å². The Morgan fingerprint density at radius 2 is 2.21 bits per heavy atom. The smallest absolute Gasteiger partial charge is 0.233 e. The lowest BCUT2D eigenvalue weighted by molar-refractivity contribution is -0.126. The van der Waals surface area contributed by atoms with Gasteiger partial charge in [-0.3, -0.25) is 14.5 Å². The number of nitrogens with one attached hydrogen (secondary N) is 1. The Morgan fingerprint density at radius 1 is 1.50 bits per heavy atom. The summed E-state index contributed by atoms with van der Waals surface area (Å²) in [5, 5.41) is 2.59. The summed E-state index contributed by atoms with van der Waals surface area (Å²) < 4.78 is 0. The fraction of sp³-hybridized carbons (Fsp3) is 0.800. The van der Waals surface area contributed by atoms with Crippen molar-refractivity contribution in [1.29, 1.82) is 0 Å². The van der Waals surface area contributed by atoms with Crippen molar-refractivity contribution in [1.82, 2.24) is 10.2 Å². The summed E-state index contributed by atoms with van der Waals surface area (Å²) >= 11 is 0. The van der Waals surface area contributed by atoms with Crippen LogP contribution in [0.3, 0.4) is 0 Å². The molecule has 1 saturated heterocycles. The number of hydrogen-bond donors (Lipinski definition) is 1. The predicted molar refractivity (Wildman–Crippen MR) is 53.9 cm³/mol. The number of carbonyl (C=O) groups is 2. The zero-order valence-electron chi connectivity index (χ0n) is 8.88. The molecular weight excluding hydrogens is 180 g/mol. The van der Waals surface area contributed by atoms with Crippen LogP contribution in [0.15, 0.2) is 0 Å². The van der Waals surface area contributed by atoms with E-state index in [2.05, 4.69) is 10.2 Å². The van der Waals surface area contributed by atoms with Gasteiger partial charge in [-0.1, -0.05) is 0 Å². The molecule has 0 aromatic heterocycles. The normalized spacial score (nSPS) is 23.1. The van der Waals surface area contributed by atoms with Crippen molar-refractivity contribution in [2.24, 2.45) is 5.92 Å². The summed E-state index contributed by atoms with van der Waals surface area (Å²) in [7, 11) is 1.63. The molecule has 1 fully saturated rings. The number of hydrogen-bond acceptors (Lipinski definition) is 3. The summed E-state index contributed by atoms with van der Waals surface area (Å²) in [6.07, 6.45) is 1.99. The Morgan fingerprint density at radius 3 is 2.79 bits per heavy atom. The first-order valence-electron chi connectivity index (χ1n) is 5.07. The van der Waals surface area contributed by atoms with Crippen LogP contribution in [-0.4, -0.2) is 43.3 Å². The van der Waals surface area contributed by atoms with Crippen LogP contribution < -0.4 is 5.32 Å². The summed E-state index contributed by atoms with van der Waals surface area (Å²) in [6.45, 7) is 3.72. The topological polar surface area (TPSA) is 49.4 Å². The van der Waals surface area contributed by atoms with E-state index in [0.717, 1.165) is 25.9 Å². The molecular formula is C10H18N2O2. The number of piperidine rings is 1. The number of amides is 1. The fourth-order valence-electron chi connectivity index (χ4n) is 1.81. The molecule has 1 atom stereocenters. The molecule has 80 valence electrons. The third-order valence-electron chi connectivity index (χ3n) is 2.73. The molecule has 1 N–H and O–H groups in total. The zero-order chi connectivity index (χ0) is 10.6. The number of carbonyl (C=O) groups excluding carboxylic acids is 2. The quantitative estimate of drug-likeness (QED) is 0.696. The molecule has 0 spiro atoms. The molecule has 1 amide bonds. The first-order chi connectivity index (χ1) is 6.63. The Balaban J connectivity index is 2.40. The first kappa shape index (κ1) is 11.2. The van der Waals surface area contributed by atoms with Gasteiger partial charge < -0.3 is 5.32 Å². The summed E-state index contributed by atoms with van der Waals surface area (Å²) in [5.74, 6) is 0.397. The van der Waals surface area contributed by atoms with Crippen LogP contribution in [0.5, 0.6) is 0 Å². The van der Waals surface area contributed by atoms with Crippen molar-refractivity contribution in [2.75, 3.05) is 26.7 Å². The number of rotatable bonds is 3. The maximum absolute atomic E-state index is 11.2. The molecule has 4 heteroatoms. The van der Waals surface area contributed by atoms with Gasteiger partial charge in [0.25, 0.3) is 0 Å². The lowest BCUT2D eigenvalue weighted by atomic mass is 9.95. The van der Waals surface area contributed by atoms with E-state index in [-0.39, 0.29) is 17.6 Å². The van der Waals surface area contributed by atoms with E-state index in [1.54, 1.807) is 14.0 Å². The van der Waals surface area contributed by atoms with Crippen LogP contribution in [0, 0.1) is 5.92 Å². The monoisotopic (exact) mass is 198 g/mol. The fourth-order valence-corrected chi connectivity index (χ4v) is 1.81. The van der Waals surface area contributed by atoms with E-state index < -0.39 is 0 Å². The molecule has 0 saturated carbocycles. The zero-order valence-corrected chi connectivity index (χ0v) is 8.88. The van der Waals surface area contributed by atoms with Crippen LogP contribution in [0.1, 0.15) is 19.8 Å². The van der Waals surface area contributed by atoms with E-state index in [1.807, 2.05) is 0 Å². The van der Waals surface area contributed by atoms with Crippen LogP contribution in [0.4, 0.5) is 0 Å². The Hall–Kier alpha value is -0.900. The average Bonchev–Trinajstić information content (AvgIpc) is 2.18. The number of nitrogens with zero attached hydrogens (tertiary/aromatic N) is 1. The maximum Gasteiger partial charge on any atom is 0.233 e. The largest absolute Gasteiger partial charge is 0.358 e. The highest BCUT2D eigenvalue weighted by Gasteiger charge is 2.23. The number of likely N-dealkylation sites (N-methyl/N-ethyl adjacent to an activating group) is 1. The van der Waals surface area contributed by atoms with E-state index >= 15 is 0 Å². The Bertz CT molecular complexity index is 228. The highest BCUT2D eigenvalue weighted by atomic mass is 16.2. The van der Waals surface area contributed by atoms with Crippen molar-refractivity contribution in [3.63, 3.8) is 0 Å². The number of ketones is 1. The van der Waals surface area contributed by atoms with Gasteiger partial charge in [0.1, 0.15) is 5.78 Å². The number of likely N-dealkylation sites (tertiary alicyclic amines) is 1. The molecule has 0 aromatic carbocycles. The maximum atomic E-state index is 11.2. The van der Waals surface area contributed by atoms with Gasteiger partial charge in [0, 0.05) is 19.5 Å². The number of Topliss-reactive ketones (excluding diaryl/α,β-unsaturated/α-hetero) is 1. The molecule has 4 nitrogen and oxygen atoms in total. The SMILES string of the molecule is CNC(=O)CN1CCCC(C(C)=O)C1. The van der Waals surface area contributed by atoms with Crippen LogP contribution in [-0.2, 0) is 9.59 Å². The van der Waals surface area contributed by atoms with Crippen molar-refractivity contribution in [3.8, 4) is 0 Å². The molecule has 0 bridgehead atoms. The highest BCUT2D eigenvalue weighted by Crippen LogP contribution is 2.16. The van der Waals surface area contributed by atoms with Gasteiger partial charge in [0.15, 0.2) is 0 Å². The van der Waals surface area contributed by atoms with Crippen LogP contribution in [0.25, 0.3) is 0 Å². The predicted octanol–water partition coefficient (Wildman–Crippen LogP) is 0.0334. The van der Waals surface area contributed by atoms with Crippen molar-refractivity contribution in [2.45, 2.75) is 19.8 Å². The second-order valence-electron chi connectivity index (χ2n) is 3.86. The van der Waals surface area contributed by atoms with E-state index in [4.69, 9.17) is 0 Å². The molecule has 1 unspecified atom stereocenters. The first-order valence-corrected chi connectivity index (χ1v) is 5.07. The van der Waals surface area contributed by atoms with Gasteiger partial charge in [-0.15, -0.1) is 0 Å².